The smallest absolute Gasteiger partial charge is 0.226 e. The number of rotatable bonds is 6. The van der Waals surface area contributed by atoms with Gasteiger partial charge in [-0.1, -0.05) is 25.5 Å². The Morgan fingerprint density at radius 2 is 1.95 bits per heavy atom. The normalized spacial score (nSPS) is 10.3. The van der Waals surface area contributed by atoms with Crippen LogP contribution in [0, 0.1) is 0 Å². The number of aryl methyl sites for hydroxylation is 1. The molecule has 0 atom stereocenters. The lowest BCUT2D eigenvalue weighted by molar-refractivity contribution is 0.462. The van der Waals surface area contributed by atoms with E-state index >= 15 is 0 Å². The Labute approximate surface area is 118 Å². The van der Waals surface area contributed by atoms with Gasteiger partial charge >= 0.3 is 0 Å². The summed E-state index contributed by atoms with van der Waals surface area (Å²) in [4.78, 5) is 7.89. The van der Waals surface area contributed by atoms with Gasteiger partial charge in [0.15, 0.2) is 0 Å². The SMILES string of the molecule is CCCCc1ccc(Oc2cc(NN)nc(N)n2)cc1. The van der Waals surface area contributed by atoms with E-state index in [-0.39, 0.29) is 5.95 Å². The summed E-state index contributed by atoms with van der Waals surface area (Å²) in [5, 5.41) is 0. The van der Waals surface area contributed by atoms with Crippen molar-refractivity contribution in [1.29, 1.82) is 0 Å². The van der Waals surface area contributed by atoms with E-state index in [0.29, 0.717) is 17.4 Å². The number of unbranched alkanes of at least 4 members (excludes halogenated alkanes) is 1. The van der Waals surface area contributed by atoms with E-state index in [2.05, 4.69) is 34.5 Å². The monoisotopic (exact) mass is 273 g/mol. The lowest BCUT2D eigenvalue weighted by Crippen LogP contribution is -2.10. The maximum Gasteiger partial charge on any atom is 0.226 e. The first-order valence-electron chi connectivity index (χ1n) is 6.59. The third-order valence-electron chi connectivity index (χ3n) is 2.83. The Balaban J connectivity index is 2.07. The zero-order valence-corrected chi connectivity index (χ0v) is 11.5. The largest absolute Gasteiger partial charge is 0.439 e. The Kier molecular flexibility index (Phi) is 4.73. The van der Waals surface area contributed by atoms with Crippen LogP contribution in [0.15, 0.2) is 30.3 Å². The fourth-order valence-corrected chi connectivity index (χ4v) is 1.79. The van der Waals surface area contributed by atoms with Crippen LogP contribution in [0.2, 0.25) is 0 Å². The summed E-state index contributed by atoms with van der Waals surface area (Å²) in [7, 11) is 0. The molecule has 0 amide bonds. The lowest BCUT2D eigenvalue weighted by atomic mass is 10.1. The van der Waals surface area contributed by atoms with E-state index in [1.807, 2.05) is 12.1 Å². The lowest BCUT2D eigenvalue weighted by Gasteiger charge is -2.08. The zero-order valence-electron chi connectivity index (χ0n) is 11.5. The molecule has 0 bridgehead atoms. The summed E-state index contributed by atoms with van der Waals surface area (Å²) in [6.07, 6.45) is 3.46. The molecule has 0 spiro atoms. The van der Waals surface area contributed by atoms with Gasteiger partial charge in [-0.2, -0.15) is 9.97 Å². The molecule has 1 aromatic carbocycles. The molecule has 0 aliphatic heterocycles. The highest BCUT2D eigenvalue weighted by Gasteiger charge is 2.04. The molecule has 0 radical (unpaired) electrons. The molecule has 6 nitrogen and oxygen atoms in total. The van der Waals surface area contributed by atoms with Crippen LogP contribution in [0.5, 0.6) is 11.6 Å². The summed E-state index contributed by atoms with van der Waals surface area (Å²) in [6.45, 7) is 2.18. The first-order chi connectivity index (χ1) is 9.71. The average molecular weight is 273 g/mol. The molecule has 6 heteroatoms. The number of benzene rings is 1. The summed E-state index contributed by atoms with van der Waals surface area (Å²) in [6, 6.07) is 9.52. The van der Waals surface area contributed by atoms with Crippen molar-refractivity contribution in [3.05, 3.63) is 35.9 Å². The van der Waals surface area contributed by atoms with Crippen molar-refractivity contribution in [3.63, 3.8) is 0 Å². The van der Waals surface area contributed by atoms with Crippen LogP contribution in [0.25, 0.3) is 0 Å². The average Bonchev–Trinajstić information content (AvgIpc) is 2.46. The topological polar surface area (TPSA) is 99.1 Å². The molecule has 0 saturated carbocycles. The van der Waals surface area contributed by atoms with E-state index < -0.39 is 0 Å². The second-order valence-electron chi connectivity index (χ2n) is 4.44. The van der Waals surface area contributed by atoms with Crippen molar-refractivity contribution in [2.75, 3.05) is 11.2 Å². The molecule has 2 rings (SSSR count). The van der Waals surface area contributed by atoms with Gasteiger partial charge in [0, 0.05) is 6.07 Å². The van der Waals surface area contributed by atoms with Gasteiger partial charge in [-0.05, 0) is 30.5 Å². The van der Waals surface area contributed by atoms with Crippen molar-refractivity contribution in [2.45, 2.75) is 26.2 Å². The van der Waals surface area contributed by atoms with Gasteiger partial charge in [-0.3, -0.25) is 0 Å². The fourth-order valence-electron chi connectivity index (χ4n) is 1.79. The molecular formula is C14H19N5O. The third kappa shape index (κ3) is 3.83. The Bertz CT molecular complexity index is 556. The summed E-state index contributed by atoms with van der Waals surface area (Å²) >= 11 is 0. The van der Waals surface area contributed by atoms with E-state index in [1.165, 1.54) is 18.4 Å². The molecule has 0 unspecified atom stereocenters. The molecule has 1 heterocycles. The zero-order chi connectivity index (χ0) is 14.4. The van der Waals surface area contributed by atoms with E-state index in [9.17, 15) is 0 Å². The minimum Gasteiger partial charge on any atom is -0.439 e. The van der Waals surface area contributed by atoms with Crippen LogP contribution in [0.3, 0.4) is 0 Å². The number of anilines is 2. The molecule has 1 aromatic heterocycles. The van der Waals surface area contributed by atoms with Crippen LogP contribution in [-0.2, 0) is 6.42 Å². The Hall–Kier alpha value is -2.34. The number of nitrogens with two attached hydrogens (primary N) is 2. The predicted octanol–water partition coefficient (Wildman–Crippen LogP) is 2.48. The predicted molar refractivity (Wildman–Crippen MR) is 79.4 cm³/mol. The van der Waals surface area contributed by atoms with Crippen molar-refractivity contribution in [2.24, 2.45) is 5.84 Å². The maximum absolute atomic E-state index is 5.63. The quantitative estimate of drug-likeness (QED) is 0.552. The third-order valence-corrected chi connectivity index (χ3v) is 2.83. The van der Waals surface area contributed by atoms with Crippen molar-refractivity contribution < 1.29 is 4.74 Å². The minimum atomic E-state index is 0.106. The number of hydrogen-bond donors (Lipinski definition) is 3. The molecule has 20 heavy (non-hydrogen) atoms. The van der Waals surface area contributed by atoms with Gasteiger partial charge in [0.05, 0.1) is 0 Å². The molecular weight excluding hydrogens is 254 g/mol. The highest BCUT2D eigenvalue weighted by Crippen LogP contribution is 2.22. The van der Waals surface area contributed by atoms with Crippen LogP contribution in [0.4, 0.5) is 11.8 Å². The van der Waals surface area contributed by atoms with E-state index in [1.54, 1.807) is 6.07 Å². The maximum atomic E-state index is 5.63. The van der Waals surface area contributed by atoms with Crippen LogP contribution in [0.1, 0.15) is 25.3 Å². The van der Waals surface area contributed by atoms with Gasteiger partial charge in [-0.25, -0.2) is 5.84 Å². The van der Waals surface area contributed by atoms with Gasteiger partial charge in [0.2, 0.25) is 11.8 Å². The van der Waals surface area contributed by atoms with Gasteiger partial charge in [0.25, 0.3) is 0 Å². The second kappa shape index (κ2) is 6.72. The van der Waals surface area contributed by atoms with Gasteiger partial charge in [-0.15, -0.1) is 0 Å². The Morgan fingerprint density at radius 3 is 2.60 bits per heavy atom. The van der Waals surface area contributed by atoms with Crippen LogP contribution >= 0.6 is 0 Å². The summed E-state index contributed by atoms with van der Waals surface area (Å²) in [5.41, 5.74) is 9.28. The number of nitrogen functional groups attached to an aromatic ring is 2. The molecule has 0 aliphatic rings. The first kappa shape index (κ1) is 14.1. The first-order valence-corrected chi connectivity index (χ1v) is 6.59. The van der Waals surface area contributed by atoms with Crippen molar-refractivity contribution >= 4 is 11.8 Å². The highest BCUT2D eigenvalue weighted by molar-refractivity contribution is 5.43. The number of nitrogens with one attached hydrogen (secondary N) is 1. The number of ether oxygens (including phenoxy) is 1. The molecule has 0 fully saturated rings. The standard InChI is InChI=1S/C14H19N5O/c1-2-3-4-10-5-7-11(8-6-10)20-13-9-12(19-16)17-14(15)18-13/h5-9H,2-4,16H2,1H3,(H3,15,17,18,19). The fraction of sp³-hybridized carbons (Fsp3) is 0.286. The molecule has 5 N–H and O–H groups in total. The summed E-state index contributed by atoms with van der Waals surface area (Å²) < 4.78 is 5.63. The molecule has 2 aromatic rings. The minimum absolute atomic E-state index is 0.106. The van der Waals surface area contributed by atoms with Gasteiger partial charge < -0.3 is 15.9 Å². The van der Waals surface area contributed by atoms with Crippen molar-refractivity contribution in [3.8, 4) is 11.6 Å². The summed E-state index contributed by atoms with van der Waals surface area (Å²) in [5.74, 6) is 6.87. The highest BCUT2D eigenvalue weighted by atomic mass is 16.5. The number of hydrazine groups is 1. The van der Waals surface area contributed by atoms with Crippen LogP contribution in [-0.4, -0.2) is 9.97 Å². The van der Waals surface area contributed by atoms with Crippen molar-refractivity contribution in [1.82, 2.24) is 9.97 Å². The molecule has 0 aliphatic carbocycles. The van der Waals surface area contributed by atoms with Gasteiger partial charge in [0.1, 0.15) is 11.6 Å². The van der Waals surface area contributed by atoms with E-state index in [4.69, 9.17) is 16.3 Å². The van der Waals surface area contributed by atoms with Crippen LogP contribution < -0.4 is 21.7 Å². The molecule has 0 saturated heterocycles. The number of hydrogen-bond acceptors (Lipinski definition) is 6. The Morgan fingerprint density at radius 1 is 1.20 bits per heavy atom. The number of aromatic nitrogens is 2. The number of nitrogens with zero attached hydrogens (tertiary/aromatic N) is 2. The van der Waals surface area contributed by atoms with E-state index in [0.717, 1.165) is 6.42 Å². The molecule has 106 valence electrons. The second-order valence-corrected chi connectivity index (χ2v) is 4.44.